The van der Waals surface area contributed by atoms with E-state index in [1.54, 1.807) is 0 Å². The fourth-order valence-electron chi connectivity index (χ4n) is 2.80. The van der Waals surface area contributed by atoms with E-state index >= 15 is 0 Å². The van der Waals surface area contributed by atoms with Gasteiger partial charge in [-0.15, -0.1) is 0 Å². The number of hydrogen-bond acceptors (Lipinski definition) is 5. The van der Waals surface area contributed by atoms with Crippen LogP contribution in [0.2, 0.25) is 0 Å². The van der Waals surface area contributed by atoms with E-state index in [9.17, 15) is 8.42 Å². The van der Waals surface area contributed by atoms with Gasteiger partial charge in [0.2, 0.25) is 0 Å². The van der Waals surface area contributed by atoms with Gasteiger partial charge < -0.3 is 4.90 Å². The molecule has 152 valence electrons. The summed E-state index contributed by atoms with van der Waals surface area (Å²) >= 11 is 0. The third kappa shape index (κ3) is 7.05. The molecule has 28 heavy (non-hydrogen) atoms. The molecule has 0 saturated carbocycles. The molecule has 0 aromatic heterocycles. The van der Waals surface area contributed by atoms with Gasteiger partial charge in [-0.05, 0) is 59.9 Å². The van der Waals surface area contributed by atoms with Crippen molar-refractivity contribution in [3.05, 3.63) is 48.5 Å². The average Bonchev–Trinajstić information content (AvgIpc) is 2.58. The second-order valence-corrected chi connectivity index (χ2v) is 9.94. The number of nitrogens with zero attached hydrogens (tertiary/aromatic N) is 3. The second-order valence-electron chi connectivity index (χ2n) is 8.52. The van der Waals surface area contributed by atoms with E-state index in [0.29, 0.717) is 17.3 Å². The summed E-state index contributed by atoms with van der Waals surface area (Å²) < 4.78 is 31.1. The summed E-state index contributed by atoms with van der Waals surface area (Å²) in [5.41, 5.74) is 2.56. The highest BCUT2D eigenvalue weighted by Crippen LogP contribution is 2.26. The Balaban J connectivity index is 2.13. The summed E-state index contributed by atoms with van der Waals surface area (Å²) in [6, 6.07) is 13.5. The Kier molecular flexibility index (Phi) is 6.96. The Hall–Kier alpha value is -2.25. The Morgan fingerprint density at radius 3 is 1.79 bits per heavy atom. The summed E-state index contributed by atoms with van der Waals surface area (Å²) in [5, 5.41) is 8.32. The maximum absolute atomic E-state index is 11.1. The highest BCUT2D eigenvalue weighted by atomic mass is 32.2. The van der Waals surface area contributed by atoms with Crippen LogP contribution >= 0.6 is 0 Å². The fraction of sp³-hybridized carbons (Fsp3) is 0.429. The molecule has 2 aromatic rings. The van der Waals surface area contributed by atoms with Crippen molar-refractivity contribution in [2.45, 2.75) is 39.5 Å². The summed E-state index contributed by atoms with van der Waals surface area (Å²) in [6.45, 7) is 13.1. The predicted octanol–water partition coefficient (Wildman–Crippen LogP) is 5.86. The molecule has 0 spiro atoms. The molecule has 2 rings (SSSR count). The molecule has 0 aliphatic heterocycles. The van der Waals surface area contributed by atoms with Gasteiger partial charge in [-0.1, -0.05) is 34.6 Å². The van der Waals surface area contributed by atoms with E-state index in [1.165, 1.54) is 24.3 Å². The highest BCUT2D eigenvalue weighted by Gasteiger charge is 2.17. The first-order valence-electron chi connectivity index (χ1n) is 9.28. The fourth-order valence-corrected chi connectivity index (χ4v) is 3.28. The SMILES string of the molecule is CC(C)CN(CC(C)(C)C)c1ccc(N=Nc2ccc(S(=O)(=O)O)cc2)cc1. The smallest absolute Gasteiger partial charge is 0.294 e. The van der Waals surface area contributed by atoms with Crippen molar-refractivity contribution < 1.29 is 13.0 Å². The Bertz CT molecular complexity index is 897. The predicted molar refractivity (Wildman–Crippen MR) is 113 cm³/mol. The Morgan fingerprint density at radius 1 is 0.929 bits per heavy atom. The van der Waals surface area contributed by atoms with E-state index in [-0.39, 0.29) is 10.3 Å². The molecular weight excluding hydrogens is 374 g/mol. The van der Waals surface area contributed by atoms with Crippen molar-refractivity contribution in [3.8, 4) is 0 Å². The van der Waals surface area contributed by atoms with Crippen LogP contribution in [-0.4, -0.2) is 26.1 Å². The van der Waals surface area contributed by atoms with Gasteiger partial charge in [0.05, 0.1) is 16.3 Å². The maximum atomic E-state index is 11.1. The summed E-state index contributed by atoms with van der Waals surface area (Å²) in [6.07, 6.45) is 0. The highest BCUT2D eigenvalue weighted by molar-refractivity contribution is 7.85. The standard InChI is InChI=1S/C21H29N3O3S/c1-16(2)14-24(15-21(3,4)5)19-10-6-17(7-11-19)22-23-18-8-12-20(13-9-18)28(25,26)27/h6-13,16H,14-15H2,1-5H3,(H,25,26,27). The van der Waals surface area contributed by atoms with E-state index in [4.69, 9.17) is 4.55 Å². The van der Waals surface area contributed by atoms with Gasteiger partial charge in [-0.3, -0.25) is 4.55 Å². The summed E-state index contributed by atoms with van der Waals surface area (Å²) in [5.74, 6) is 0.562. The number of benzene rings is 2. The number of hydrogen-bond donors (Lipinski definition) is 1. The molecule has 2 aromatic carbocycles. The third-order valence-corrected chi connectivity index (χ3v) is 4.75. The van der Waals surface area contributed by atoms with Crippen molar-refractivity contribution in [2.24, 2.45) is 21.6 Å². The molecule has 0 unspecified atom stereocenters. The zero-order valence-electron chi connectivity index (χ0n) is 17.1. The van der Waals surface area contributed by atoms with Crippen molar-refractivity contribution in [2.75, 3.05) is 18.0 Å². The summed E-state index contributed by atoms with van der Waals surface area (Å²) in [7, 11) is -4.20. The molecule has 6 nitrogen and oxygen atoms in total. The van der Waals surface area contributed by atoms with Gasteiger partial charge in [-0.2, -0.15) is 18.6 Å². The first kappa shape index (κ1) is 22.0. The minimum Gasteiger partial charge on any atom is -0.371 e. The van der Waals surface area contributed by atoms with Gasteiger partial charge >= 0.3 is 0 Å². The van der Waals surface area contributed by atoms with Crippen LogP contribution in [0.15, 0.2) is 63.7 Å². The Labute approximate surface area is 168 Å². The normalized spacial score (nSPS) is 12.7. The molecule has 0 aliphatic carbocycles. The van der Waals surface area contributed by atoms with E-state index in [1.807, 2.05) is 24.3 Å². The zero-order valence-corrected chi connectivity index (χ0v) is 17.9. The molecule has 0 amide bonds. The molecule has 0 saturated heterocycles. The molecule has 1 N–H and O–H groups in total. The Morgan fingerprint density at radius 2 is 1.39 bits per heavy atom. The van der Waals surface area contributed by atoms with Crippen LogP contribution in [0.4, 0.5) is 17.1 Å². The van der Waals surface area contributed by atoms with E-state index in [0.717, 1.165) is 18.8 Å². The van der Waals surface area contributed by atoms with Crippen molar-refractivity contribution >= 4 is 27.2 Å². The van der Waals surface area contributed by atoms with Crippen molar-refractivity contribution in [1.29, 1.82) is 0 Å². The van der Waals surface area contributed by atoms with Gasteiger partial charge in [-0.25, -0.2) is 0 Å². The molecule has 0 heterocycles. The van der Waals surface area contributed by atoms with Crippen LogP contribution < -0.4 is 4.90 Å². The van der Waals surface area contributed by atoms with E-state index in [2.05, 4.69) is 49.7 Å². The van der Waals surface area contributed by atoms with E-state index < -0.39 is 10.1 Å². The first-order chi connectivity index (χ1) is 12.9. The first-order valence-corrected chi connectivity index (χ1v) is 10.7. The third-order valence-electron chi connectivity index (χ3n) is 3.88. The lowest BCUT2D eigenvalue weighted by Crippen LogP contribution is -2.35. The zero-order chi connectivity index (χ0) is 20.9. The maximum Gasteiger partial charge on any atom is 0.294 e. The number of rotatable bonds is 7. The molecular formula is C21H29N3O3S. The van der Waals surface area contributed by atoms with Gasteiger partial charge in [0.1, 0.15) is 0 Å². The van der Waals surface area contributed by atoms with Crippen molar-refractivity contribution in [3.63, 3.8) is 0 Å². The lowest BCUT2D eigenvalue weighted by molar-refractivity contribution is 0.400. The van der Waals surface area contributed by atoms with Crippen molar-refractivity contribution in [1.82, 2.24) is 0 Å². The van der Waals surface area contributed by atoms with Gasteiger partial charge in [0, 0.05) is 18.8 Å². The monoisotopic (exact) mass is 403 g/mol. The molecule has 0 atom stereocenters. The van der Waals surface area contributed by atoms with Crippen LogP contribution in [0, 0.1) is 11.3 Å². The number of anilines is 1. The van der Waals surface area contributed by atoms with Crippen LogP contribution in [0.25, 0.3) is 0 Å². The average molecular weight is 404 g/mol. The topological polar surface area (TPSA) is 82.3 Å². The second kappa shape index (κ2) is 8.84. The van der Waals surface area contributed by atoms with Gasteiger partial charge in [0.25, 0.3) is 10.1 Å². The number of azo groups is 1. The lowest BCUT2D eigenvalue weighted by Gasteiger charge is -2.33. The lowest BCUT2D eigenvalue weighted by atomic mass is 9.95. The van der Waals surface area contributed by atoms with Gasteiger partial charge in [0.15, 0.2) is 0 Å². The quantitative estimate of drug-likeness (QED) is 0.464. The molecule has 0 bridgehead atoms. The molecule has 0 aliphatic rings. The molecule has 0 fully saturated rings. The largest absolute Gasteiger partial charge is 0.371 e. The summed E-state index contributed by atoms with van der Waals surface area (Å²) in [4.78, 5) is 2.22. The molecule has 0 radical (unpaired) electrons. The minimum atomic E-state index is -4.20. The molecule has 7 heteroatoms. The van der Waals surface area contributed by atoms with Crippen LogP contribution in [-0.2, 0) is 10.1 Å². The minimum absolute atomic E-state index is 0.167. The van der Waals surface area contributed by atoms with Crippen LogP contribution in [0.3, 0.4) is 0 Å². The van der Waals surface area contributed by atoms with Crippen LogP contribution in [0.5, 0.6) is 0 Å². The van der Waals surface area contributed by atoms with Crippen LogP contribution in [0.1, 0.15) is 34.6 Å².